The van der Waals surface area contributed by atoms with E-state index in [2.05, 4.69) is 5.32 Å². The third-order valence-electron chi connectivity index (χ3n) is 3.97. The number of aryl methyl sites for hydroxylation is 2. The summed E-state index contributed by atoms with van der Waals surface area (Å²) in [5.41, 5.74) is 1.18. The molecule has 1 N–H and O–H groups in total. The lowest BCUT2D eigenvalue weighted by molar-refractivity contribution is -0.116. The smallest absolute Gasteiger partial charge is 0.243 e. The molecule has 0 radical (unpaired) electrons. The third-order valence-corrected chi connectivity index (χ3v) is 7.10. The van der Waals surface area contributed by atoms with Crippen molar-refractivity contribution in [1.29, 1.82) is 0 Å². The van der Waals surface area contributed by atoms with E-state index in [1.807, 2.05) is 31.4 Å². The maximum absolute atomic E-state index is 12.7. The third kappa shape index (κ3) is 4.90. The van der Waals surface area contributed by atoms with Crippen LogP contribution in [0, 0.1) is 6.92 Å². The number of nitrogens with zero attached hydrogens (tertiary/aromatic N) is 1. The molecule has 0 fully saturated rings. The van der Waals surface area contributed by atoms with Gasteiger partial charge in [0.1, 0.15) is 0 Å². The Morgan fingerprint density at radius 2 is 1.92 bits per heavy atom. The number of sulfonamides is 1. The predicted molar refractivity (Wildman–Crippen MR) is 103 cm³/mol. The van der Waals surface area contributed by atoms with Crippen LogP contribution in [0.5, 0.6) is 0 Å². The topological polar surface area (TPSA) is 66.5 Å². The van der Waals surface area contributed by atoms with Crippen molar-refractivity contribution in [2.45, 2.75) is 38.5 Å². The van der Waals surface area contributed by atoms with Crippen molar-refractivity contribution < 1.29 is 13.2 Å². The molecule has 0 aliphatic heterocycles. The molecule has 5 nitrogen and oxygen atoms in total. The molecule has 0 aliphatic rings. The molecule has 0 atom stereocenters. The summed E-state index contributed by atoms with van der Waals surface area (Å²) in [6.45, 7) is 6.21. The number of carbonyl (C=O) groups excluding carboxylic acids is 1. The average Bonchev–Trinajstić information content (AvgIpc) is 3.09. The zero-order valence-corrected chi connectivity index (χ0v) is 16.4. The molecule has 1 amide bonds. The zero-order chi connectivity index (χ0) is 18.4. The minimum atomic E-state index is -3.55. The summed E-state index contributed by atoms with van der Waals surface area (Å²) in [5.74, 6) is -0.122. The van der Waals surface area contributed by atoms with Crippen molar-refractivity contribution in [2.75, 3.05) is 18.4 Å². The molecule has 0 saturated carbocycles. The predicted octanol–water partition coefficient (Wildman–Crippen LogP) is 3.66. The van der Waals surface area contributed by atoms with Gasteiger partial charge < -0.3 is 5.32 Å². The van der Waals surface area contributed by atoms with Crippen LogP contribution >= 0.6 is 11.3 Å². The summed E-state index contributed by atoms with van der Waals surface area (Å²) >= 11 is 1.62. The number of anilines is 1. The Hall–Kier alpha value is -1.70. The van der Waals surface area contributed by atoms with Crippen LogP contribution in [-0.4, -0.2) is 31.7 Å². The first kappa shape index (κ1) is 19.6. The summed E-state index contributed by atoms with van der Waals surface area (Å²) in [4.78, 5) is 13.5. The molecule has 7 heteroatoms. The highest BCUT2D eigenvalue weighted by Crippen LogP contribution is 2.24. The van der Waals surface area contributed by atoms with Crippen molar-refractivity contribution in [2.24, 2.45) is 0 Å². The Labute approximate surface area is 153 Å². The Morgan fingerprint density at radius 1 is 1.20 bits per heavy atom. The van der Waals surface area contributed by atoms with Gasteiger partial charge in [0.05, 0.1) is 4.90 Å². The Balaban J connectivity index is 2.14. The van der Waals surface area contributed by atoms with E-state index >= 15 is 0 Å². The molecule has 0 bridgehead atoms. The van der Waals surface area contributed by atoms with Crippen LogP contribution in [-0.2, 0) is 21.2 Å². The number of benzene rings is 1. The second-order valence-electron chi connectivity index (χ2n) is 5.70. The molecule has 0 aliphatic carbocycles. The molecule has 0 saturated heterocycles. The minimum Gasteiger partial charge on any atom is -0.326 e. The molecule has 136 valence electrons. The molecule has 2 aromatic rings. The van der Waals surface area contributed by atoms with Crippen molar-refractivity contribution in [3.8, 4) is 0 Å². The summed E-state index contributed by atoms with van der Waals surface area (Å²) in [6, 6.07) is 8.97. The SMILES string of the molecule is CCN(CC)S(=O)(=O)c1cc(NC(=O)CCc2cccs2)ccc1C. The van der Waals surface area contributed by atoms with Crippen LogP contribution in [0.3, 0.4) is 0 Å². The van der Waals surface area contributed by atoms with Gasteiger partial charge in [0.25, 0.3) is 0 Å². The van der Waals surface area contributed by atoms with Crippen LogP contribution in [0.2, 0.25) is 0 Å². The van der Waals surface area contributed by atoms with Crippen molar-refractivity contribution in [3.05, 3.63) is 46.2 Å². The second-order valence-corrected chi connectivity index (χ2v) is 8.64. The summed E-state index contributed by atoms with van der Waals surface area (Å²) in [6.07, 6.45) is 1.05. The second kappa shape index (κ2) is 8.60. The highest BCUT2D eigenvalue weighted by Gasteiger charge is 2.24. The van der Waals surface area contributed by atoms with Crippen LogP contribution in [0.1, 0.15) is 30.7 Å². The lowest BCUT2D eigenvalue weighted by atomic mass is 10.2. The van der Waals surface area contributed by atoms with Crippen LogP contribution in [0.15, 0.2) is 40.6 Å². The van der Waals surface area contributed by atoms with E-state index in [0.29, 0.717) is 37.2 Å². The molecular weight excluding hydrogens is 356 g/mol. The fourth-order valence-electron chi connectivity index (χ4n) is 2.57. The van der Waals surface area contributed by atoms with Gasteiger partial charge >= 0.3 is 0 Å². The van der Waals surface area contributed by atoms with Gasteiger partial charge in [-0.05, 0) is 42.5 Å². The first-order chi connectivity index (χ1) is 11.9. The first-order valence-corrected chi connectivity index (χ1v) is 10.6. The number of hydrogen-bond acceptors (Lipinski definition) is 4. The van der Waals surface area contributed by atoms with Crippen LogP contribution in [0.4, 0.5) is 5.69 Å². The Kier molecular flexibility index (Phi) is 6.75. The highest BCUT2D eigenvalue weighted by atomic mass is 32.2. The summed E-state index contributed by atoms with van der Waals surface area (Å²) in [7, 11) is -3.55. The number of amides is 1. The van der Waals surface area contributed by atoms with E-state index in [4.69, 9.17) is 0 Å². The molecular formula is C18H24N2O3S2. The standard InChI is InChI=1S/C18H24N2O3S2/c1-4-20(5-2)25(22,23)17-13-15(9-8-14(17)3)19-18(21)11-10-16-7-6-12-24-16/h6-9,12-13H,4-5,10-11H2,1-3H3,(H,19,21). The number of rotatable bonds is 8. The summed E-state index contributed by atoms with van der Waals surface area (Å²) < 4.78 is 26.9. The van der Waals surface area contributed by atoms with Crippen molar-refractivity contribution >= 4 is 33.0 Å². The van der Waals surface area contributed by atoms with E-state index < -0.39 is 10.0 Å². The number of nitrogens with one attached hydrogen (secondary N) is 1. The zero-order valence-electron chi connectivity index (χ0n) is 14.8. The van der Waals surface area contributed by atoms with Gasteiger partial charge in [0, 0.05) is 30.1 Å². The first-order valence-electron chi connectivity index (χ1n) is 8.31. The Morgan fingerprint density at radius 3 is 2.52 bits per heavy atom. The van der Waals surface area contributed by atoms with Gasteiger partial charge in [-0.3, -0.25) is 4.79 Å². The molecule has 0 spiro atoms. The molecule has 25 heavy (non-hydrogen) atoms. The van der Waals surface area contributed by atoms with Gasteiger partial charge in [-0.25, -0.2) is 8.42 Å². The summed E-state index contributed by atoms with van der Waals surface area (Å²) in [5, 5.41) is 4.79. The van der Waals surface area contributed by atoms with E-state index in [-0.39, 0.29) is 10.8 Å². The van der Waals surface area contributed by atoms with Crippen LogP contribution in [0.25, 0.3) is 0 Å². The van der Waals surface area contributed by atoms with E-state index in [0.717, 1.165) is 4.88 Å². The maximum Gasteiger partial charge on any atom is 0.243 e. The van der Waals surface area contributed by atoms with Gasteiger partial charge in [0.15, 0.2) is 0 Å². The lowest BCUT2D eigenvalue weighted by Crippen LogP contribution is -2.31. The van der Waals surface area contributed by atoms with Gasteiger partial charge in [0.2, 0.25) is 15.9 Å². The molecule has 1 heterocycles. The quantitative estimate of drug-likeness (QED) is 0.760. The number of hydrogen-bond donors (Lipinski definition) is 1. The van der Waals surface area contributed by atoms with E-state index in [1.165, 1.54) is 4.31 Å². The largest absolute Gasteiger partial charge is 0.326 e. The molecule has 0 unspecified atom stereocenters. The fraction of sp³-hybridized carbons (Fsp3) is 0.389. The van der Waals surface area contributed by atoms with E-state index in [9.17, 15) is 13.2 Å². The van der Waals surface area contributed by atoms with E-state index in [1.54, 1.807) is 36.5 Å². The van der Waals surface area contributed by atoms with Gasteiger partial charge in [-0.1, -0.05) is 26.0 Å². The monoisotopic (exact) mass is 380 g/mol. The van der Waals surface area contributed by atoms with Crippen LogP contribution < -0.4 is 5.32 Å². The fourth-order valence-corrected chi connectivity index (χ4v) is 4.99. The minimum absolute atomic E-state index is 0.122. The molecule has 1 aromatic carbocycles. The normalized spacial score (nSPS) is 11.7. The van der Waals surface area contributed by atoms with Gasteiger partial charge in [-0.15, -0.1) is 11.3 Å². The maximum atomic E-state index is 12.7. The molecule has 2 rings (SSSR count). The van der Waals surface area contributed by atoms with Crippen molar-refractivity contribution in [1.82, 2.24) is 4.31 Å². The Bertz CT molecular complexity index is 811. The lowest BCUT2D eigenvalue weighted by Gasteiger charge is -2.20. The number of thiophene rings is 1. The molecule has 1 aromatic heterocycles. The van der Waals surface area contributed by atoms with Gasteiger partial charge in [-0.2, -0.15) is 4.31 Å². The average molecular weight is 381 g/mol. The van der Waals surface area contributed by atoms with Crippen molar-refractivity contribution in [3.63, 3.8) is 0 Å². The highest BCUT2D eigenvalue weighted by molar-refractivity contribution is 7.89. The number of carbonyl (C=O) groups is 1.